The van der Waals surface area contributed by atoms with Gasteiger partial charge in [-0.25, -0.2) is 0 Å². The Morgan fingerprint density at radius 1 is 1.09 bits per heavy atom. The largest absolute Gasteiger partial charge is 0.380 e. The van der Waals surface area contributed by atoms with Crippen molar-refractivity contribution in [3.05, 3.63) is 35.4 Å². The molecule has 1 heteroatoms. The van der Waals surface area contributed by atoms with Gasteiger partial charge in [0.15, 0.2) is 0 Å². The van der Waals surface area contributed by atoms with Gasteiger partial charge in [0.2, 0.25) is 0 Å². The Labute approximate surface area is 68.0 Å². The minimum Gasteiger partial charge on any atom is -0.380 e. The molecule has 1 rings (SSSR count). The molecule has 0 unspecified atom stereocenters. The van der Waals surface area contributed by atoms with E-state index in [9.17, 15) is 0 Å². The van der Waals surface area contributed by atoms with Crippen LogP contribution in [0.15, 0.2) is 24.3 Å². The van der Waals surface area contributed by atoms with Crippen LogP contribution in [0.3, 0.4) is 0 Å². The number of benzene rings is 1. The first-order valence-corrected chi connectivity index (χ1v) is 3.93. The van der Waals surface area contributed by atoms with Gasteiger partial charge in [-0.2, -0.15) is 0 Å². The van der Waals surface area contributed by atoms with Gasteiger partial charge in [0.1, 0.15) is 0 Å². The Morgan fingerprint density at radius 2 is 1.64 bits per heavy atom. The standard InChI is InChI=1S/C10H14O/c1-3-9-4-6-10(7-5-9)8-11-2/h4-7H,3,8H2,1-2H3. The fourth-order valence-corrected chi connectivity index (χ4v) is 1.04. The van der Waals surface area contributed by atoms with Crippen LogP contribution in [-0.2, 0) is 17.8 Å². The molecule has 0 aliphatic carbocycles. The lowest BCUT2D eigenvalue weighted by Crippen LogP contribution is -1.87. The minimum absolute atomic E-state index is 0.712. The lowest BCUT2D eigenvalue weighted by atomic mass is 10.1. The molecule has 0 saturated heterocycles. The van der Waals surface area contributed by atoms with Crippen LogP contribution in [0.5, 0.6) is 0 Å². The van der Waals surface area contributed by atoms with E-state index in [1.807, 2.05) is 0 Å². The Bertz CT molecular complexity index is 201. The highest BCUT2D eigenvalue weighted by Gasteiger charge is 1.90. The summed E-state index contributed by atoms with van der Waals surface area (Å²) in [4.78, 5) is 0. The summed E-state index contributed by atoms with van der Waals surface area (Å²) < 4.78 is 5.00. The summed E-state index contributed by atoms with van der Waals surface area (Å²) in [5.74, 6) is 0. The molecule has 60 valence electrons. The third kappa shape index (κ3) is 2.35. The van der Waals surface area contributed by atoms with Gasteiger partial charge in [0.05, 0.1) is 6.61 Å². The van der Waals surface area contributed by atoms with Crippen LogP contribution in [-0.4, -0.2) is 7.11 Å². The lowest BCUT2D eigenvalue weighted by Gasteiger charge is -2.00. The van der Waals surface area contributed by atoms with E-state index in [4.69, 9.17) is 4.74 Å². The molecule has 0 radical (unpaired) electrons. The molecule has 11 heavy (non-hydrogen) atoms. The first-order valence-electron chi connectivity index (χ1n) is 3.93. The second-order valence-electron chi connectivity index (χ2n) is 2.60. The summed E-state index contributed by atoms with van der Waals surface area (Å²) in [6.07, 6.45) is 1.10. The molecular formula is C10H14O. The van der Waals surface area contributed by atoms with Crippen LogP contribution in [0.1, 0.15) is 18.1 Å². The van der Waals surface area contributed by atoms with Crippen LogP contribution in [0, 0.1) is 0 Å². The summed E-state index contributed by atoms with van der Waals surface area (Å²) in [5, 5.41) is 0. The predicted molar refractivity (Wildman–Crippen MR) is 46.5 cm³/mol. The van der Waals surface area contributed by atoms with Crippen molar-refractivity contribution in [1.29, 1.82) is 0 Å². The maximum atomic E-state index is 5.00. The molecule has 1 nitrogen and oxygen atoms in total. The molecule has 0 N–H and O–H groups in total. The Hall–Kier alpha value is -0.820. The van der Waals surface area contributed by atoms with Crippen molar-refractivity contribution < 1.29 is 4.74 Å². The highest BCUT2D eigenvalue weighted by Crippen LogP contribution is 2.05. The molecular weight excluding hydrogens is 136 g/mol. The van der Waals surface area contributed by atoms with E-state index in [2.05, 4.69) is 31.2 Å². The van der Waals surface area contributed by atoms with E-state index in [0.717, 1.165) is 6.42 Å². The third-order valence-corrected chi connectivity index (χ3v) is 1.74. The van der Waals surface area contributed by atoms with E-state index in [1.54, 1.807) is 7.11 Å². The highest BCUT2D eigenvalue weighted by molar-refractivity contribution is 5.21. The van der Waals surface area contributed by atoms with Crippen LogP contribution >= 0.6 is 0 Å². The molecule has 0 bridgehead atoms. The van der Waals surface area contributed by atoms with Gasteiger partial charge in [-0.3, -0.25) is 0 Å². The number of hydrogen-bond acceptors (Lipinski definition) is 1. The lowest BCUT2D eigenvalue weighted by molar-refractivity contribution is 0.185. The topological polar surface area (TPSA) is 9.23 Å². The van der Waals surface area contributed by atoms with Gasteiger partial charge < -0.3 is 4.74 Å². The zero-order valence-corrected chi connectivity index (χ0v) is 7.13. The SMILES string of the molecule is CCc1ccc(COC)cc1. The summed E-state index contributed by atoms with van der Waals surface area (Å²) in [6.45, 7) is 2.87. The summed E-state index contributed by atoms with van der Waals surface area (Å²) in [7, 11) is 1.72. The monoisotopic (exact) mass is 150 g/mol. The van der Waals surface area contributed by atoms with E-state index in [1.165, 1.54) is 11.1 Å². The van der Waals surface area contributed by atoms with Crippen molar-refractivity contribution in [2.24, 2.45) is 0 Å². The average Bonchev–Trinajstić information content (AvgIpc) is 2.07. The molecule has 0 spiro atoms. The zero-order valence-electron chi connectivity index (χ0n) is 7.13. The normalized spacial score (nSPS) is 10.0. The van der Waals surface area contributed by atoms with Gasteiger partial charge in [-0.1, -0.05) is 31.2 Å². The Balaban J connectivity index is 2.66. The van der Waals surface area contributed by atoms with Gasteiger partial charge in [0.25, 0.3) is 0 Å². The fraction of sp³-hybridized carbons (Fsp3) is 0.400. The molecule has 0 aliphatic rings. The van der Waals surface area contributed by atoms with E-state index >= 15 is 0 Å². The number of hydrogen-bond donors (Lipinski definition) is 0. The van der Waals surface area contributed by atoms with Crippen LogP contribution in [0.2, 0.25) is 0 Å². The molecule has 0 aliphatic heterocycles. The molecule has 0 fully saturated rings. The maximum absolute atomic E-state index is 5.00. The summed E-state index contributed by atoms with van der Waals surface area (Å²) >= 11 is 0. The molecule has 0 heterocycles. The fourth-order valence-electron chi connectivity index (χ4n) is 1.04. The van der Waals surface area contributed by atoms with Gasteiger partial charge >= 0.3 is 0 Å². The quantitative estimate of drug-likeness (QED) is 0.643. The van der Waals surface area contributed by atoms with Crippen molar-refractivity contribution in [2.75, 3.05) is 7.11 Å². The van der Waals surface area contributed by atoms with Crippen LogP contribution in [0.4, 0.5) is 0 Å². The van der Waals surface area contributed by atoms with Gasteiger partial charge in [0, 0.05) is 7.11 Å². The molecule has 1 aromatic rings. The molecule has 0 aromatic heterocycles. The van der Waals surface area contributed by atoms with Gasteiger partial charge in [-0.15, -0.1) is 0 Å². The summed E-state index contributed by atoms with van der Waals surface area (Å²) in [5.41, 5.74) is 2.62. The van der Waals surface area contributed by atoms with Crippen molar-refractivity contribution in [3.63, 3.8) is 0 Å². The van der Waals surface area contributed by atoms with Gasteiger partial charge in [-0.05, 0) is 17.5 Å². The predicted octanol–water partition coefficient (Wildman–Crippen LogP) is 2.40. The molecule has 0 saturated carbocycles. The Morgan fingerprint density at radius 3 is 2.09 bits per heavy atom. The number of aryl methyl sites for hydroxylation is 1. The maximum Gasteiger partial charge on any atom is 0.0713 e. The first kappa shape index (κ1) is 8.28. The molecule has 1 aromatic carbocycles. The first-order chi connectivity index (χ1) is 5.36. The van der Waals surface area contributed by atoms with E-state index in [0.29, 0.717) is 6.61 Å². The van der Waals surface area contributed by atoms with Crippen molar-refractivity contribution in [1.82, 2.24) is 0 Å². The van der Waals surface area contributed by atoms with Crippen molar-refractivity contribution in [3.8, 4) is 0 Å². The number of methoxy groups -OCH3 is 1. The third-order valence-electron chi connectivity index (χ3n) is 1.74. The van der Waals surface area contributed by atoms with Crippen molar-refractivity contribution >= 4 is 0 Å². The number of ether oxygens (including phenoxy) is 1. The van der Waals surface area contributed by atoms with Crippen LogP contribution < -0.4 is 0 Å². The molecule has 0 amide bonds. The average molecular weight is 150 g/mol. The highest BCUT2D eigenvalue weighted by atomic mass is 16.5. The zero-order chi connectivity index (χ0) is 8.10. The summed E-state index contributed by atoms with van der Waals surface area (Å²) in [6, 6.07) is 8.52. The second kappa shape index (κ2) is 4.14. The molecule has 0 atom stereocenters. The van der Waals surface area contributed by atoms with Crippen LogP contribution in [0.25, 0.3) is 0 Å². The number of rotatable bonds is 3. The smallest absolute Gasteiger partial charge is 0.0713 e. The van der Waals surface area contributed by atoms with Crippen molar-refractivity contribution in [2.45, 2.75) is 20.0 Å². The van der Waals surface area contributed by atoms with E-state index < -0.39 is 0 Å². The Kier molecular flexibility index (Phi) is 3.12. The van der Waals surface area contributed by atoms with E-state index in [-0.39, 0.29) is 0 Å². The minimum atomic E-state index is 0.712. The second-order valence-corrected chi connectivity index (χ2v) is 2.60.